The molecule has 1 amide bonds. The molecule has 0 spiro atoms. The molecule has 29 heavy (non-hydrogen) atoms. The smallest absolute Gasteiger partial charge is 0.227 e. The number of hydrogen-bond donors (Lipinski definition) is 2. The maximum Gasteiger partial charge on any atom is 0.227 e. The lowest BCUT2D eigenvalue weighted by Crippen LogP contribution is -2.44. The minimum atomic E-state index is -0.655. The number of hydrogen-bond acceptors (Lipinski definition) is 6. The van der Waals surface area contributed by atoms with Gasteiger partial charge in [-0.15, -0.1) is 11.3 Å². The van der Waals surface area contributed by atoms with E-state index in [1.54, 1.807) is 23.1 Å². The van der Waals surface area contributed by atoms with Crippen LogP contribution in [0.4, 0.5) is 5.69 Å². The standard InChI is InChI=1S/C22H28N2O3S2/c25-15-22(10-2-11-22)20(27)16-5-7-18(8-6-16)24-17(3-1-4-19(24)26)9-13-28-21-23-12-14-29-21/h5-8,12,14,17,20,25,27H,1-4,9-11,13,15H2. The zero-order valence-electron chi connectivity index (χ0n) is 16.5. The van der Waals surface area contributed by atoms with Gasteiger partial charge in [0.2, 0.25) is 5.91 Å². The Balaban J connectivity index is 1.44. The molecule has 2 fully saturated rings. The van der Waals surface area contributed by atoms with E-state index in [2.05, 4.69) is 4.98 Å². The number of aromatic nitrogens is 1. The van der Waals surface area contributed by atoms with Gasteiger partial charge < -0.3 is 15.1 Å². The van der Waals surface area contributed by atoms with E-state index in [1.807, 2.05) is 40.7 Å². The van der Waals surface area contributed by atoms with Crippen molar-refractivity contribution in [2.45, 2.75) is 61.4 Å². The summed E-state index contributed by atoms with van der Waals surface area (Å²) in [6.07, 6.45) is 7.42. The third-order valence-electron chi connectivity index (χ3n) is 6.38. The number of aliphatic hydroxyl groups excluding tert-OH is 2. The zero-order chi connectivity index (χ0) is 20.3. The molecule has 2 atom stereocenters. The topological polar surface area (TPSA) is 73.7 Å². The van der Waals surface area contributed by atoms with Crippen molar-refractivity contribution < 1.29 is 15.0 Å². The second kappa shape index (κ2) is 9.16. The lowest BCUT2D eigenvalue weighted by Gasteiger charge is -2.44. The first-order chi connectivity index (χ1) is 14.1. The summed E-state index contributed by atoms with van der Waals surface area (Å²) in [6, 6.07) is 7.94. The number of benzene rings is 1. The van der Waals surface area contributed by atoms with Crippen LogP contribution in [-0.4, -0.2) is 39.5 Å². The average Bonchev–Trinajstić information content (AvgIpc) is 3.21. The Bertz CT molecular complexity index is 800. The van der Waals surface area contributed by atoms with Crippen LogP contribution in [0.25, 0.3) is 0 Å². The highest BCUT2D eigenvalue weighted by Crippen LogP contribution is 2.50. The Morgan fingerprint density at radius 3 is 2.69 bits per heavy atom. The molecule has 1 saturated heterocycles. The first-order valence-corrected chi connectivity index (χ1v) is 12.2. The summed E-state index contributed by atoms with van der Waals surface area (Å²) in [5, 5.41) is 22.5. The van der Waals surface area contributed by atoms with Crippen LogP contribution < -0.4 is 4.90 Å². The van der Waals surface area contributed by atoms with E-state index < -0.39 is 11.5 Å². The van der Waals surface area contributed by atoms with Crippen LogP contribution in [0.1, 0.15) is 56.6 Å². The molecule has 1 aromatic heterocycles. The van der Waals surface area contributed by atoms with Crippen LogP contribution in [-0.2, 0) is 4.79 Å². The molecular weight excluding hydrogens is 404 g/mol. The molecule has 1 saturated carbocycles. The van der Waals surface area contributed by atoms with E-state index in [9.17, 15) is 15.0 Å². The van der Waals surface area contributed by atoms with Crippen molar-refractivity contribution >= 4 is 34.7 Å². The van der Waals surface area contributed by atoms with Crippen LogP contribution in [0, 0.1) is 5.41 Å². The molecule has 2 heterocycles. The minimum Gasteiger partial charge on any atom is -0.396 e. The van der Waals surface area contributed by atoms with Crippen molar-refractivity contribution in [2.24, 2.45) is 5.41 Å². The van der Waals surface area contributed by atoms with E-state index in [4.69, 9.17) is 0 Å². The van der Waals surface area contributed by atoms with Crippen LogP contribution >= 0.6 is 23.1 Å². The van der Waals surface area contributed by atoms with Crippen LogP contribution in [0.5, 0.6) is 0 Å². The predicted octanol–water partition coefficient (Wildman–Crippen LogP) is 4.41. The third-order valence-corrected chi connectivity index (χ3v) is 8.38. The summed E-state index contributed by atoms with van der Waals surface area (Å²) in [4.78, 5) is 19.0. The second-order valence-corrected chi connectivity index (χ2v) is 10.3. The number of aliphatic hydroxyl groups is 2. The van der Waals surface area contributed by atoms with Gasteiger partial charge >= 0.3 is 0 Å². The van der Waals surface area contributed by atoms with Gasteiger partial charge in [0.25, 0.3) is 0 Å². The lowest BCUT2D eigenvalue weighted by molar-refractivity contribution is -0.120. The molecule has 7 heteroatoms. The highest BCUT2D eigenvalue weighted by Gasteiger charge is 2.43. The van der Waals surface area contributed by atoms with Crippen molar-refractivity contribution in [2.75, 3.05) is 17.3 Å². The minimum absolute atomic E-state index is 0.0133. The Hall–Kier alpha value is -1.41. The summed E-state index contributed by atoms with van der Waals surface area (Å²) >= 11 is 3.40. The van der Waals surface area contributed by atoms with Gasteiger partial charge in [-0.2, -0.15) is 0 Å². The third kappa shape index (κ3) is 4.38. The Kier molecular flexibility index (Phi) is 6.59. The number of thiazole rings is 1. The quantitative estimate of drug-likeness (QED) is 0.605. The average molecular weight is 433 g/mol. The first-order valence-electron chi connectivity index (χ1n) is 10.4. The van der Waals surface area contributed by atoms with Gasteiger partial charge in [0.1, 0.15) is 4.34 Å². The molecule has 1 aromatic carbocycles. The molecule has 2 N–H and O–H groups in total. The highest BCUT2D eigenvalue weighted by molar-refractivity contribution is 8.00. The normalized spacial score (nSPS) is 22.3. The van der Waals surface area contributed by atoms with Crippen LogP contribution in [0.15, 0.2) is 40.2 Å². The van der Waals surface area contributed by atoms with Gasteiger partial charge in [-0.05, 0) is 49.8 Å². The highest BCUT2D eigenvalue weighted by atomic mass is 32.2. The largest absolute Gasteiger partial charge is 0.396 e. The predicted molar refractivity (Wildman–Crippen MR) is 117 cm³/mol. The number of rotatable bonds is 8. The van der Waals surface area contributed by atoms with Crippen molar-refractivity contribution in [3.8, 4) is 0 Å². The molecule has 156 valence electrons. The molecule has 2 aromatic rings. The fraction of sp³-hybridized carbons (Fsp3) is 0.545. The summed E-state index contributed by atoms with van der Waals surface area (Å²) in [5.74, 6) is 1.12. The Morgan fingerprint density at radius 2 is 2.07 bits per heavy atom. The van der Waals surface area contributed by atoms with Crippen LogP contribution in [0.2, 0.25) is 0 Å². The molecule has 5 nitrogen and oxygen atoms in total. The van der Waals surface area contributed by atoms with Gasteiger partial charge in [-0.25, -0.2) is 4.98 Å². The number of carbonyl (C=O) groups is 1. The Labute approximate surface area is 180 Å². The van der Waals surface area contributed by atoms with E-state index in [0.717, 1.165) is 59.9 Å². The van der Waals surface area contributed by atoms with E-state index in [-0.39, 0.29) is 18.6 Å². The van der Waals surface area contributed by atoms with Gasteiger partial charge in [0, 0.05) is 40.9 Å². The monoisotopic (exact) mass is 432 g/mol. The maximum atomic E-state index is 12.7. The van der Waals surface area contributed by atoms with Gasteiger partial charge in [-0.3, -0.25) is 4.79 Å². The van der Waals surface area contributed by atoms with Gasteiger partial charge in [0.05, 0.1) is 12.7 Å². The van der Waals surface area contributed by atoms with Crippen molar-refractivity contribution in [1.29, 1.82) is 0 Å². The zero-order valence-corrected chi connectivity index (χ0v) is 18.1. The van der Waals surface area contributed by atoms with Crippen molar-refractivity contribution in [3.63, 3.8) is 0 Å². The molecule has 4 rings (SSSR count). The fourth-order valence-corrected chi connectivity index (χ4v) is 6.20. The summed E-state index contributed by atoms with van der Waals surface area (Å²) in [5.41, 5.74) is 1.34. The number of thioether (sulfide) groups is 1. The Morgan fingerprint density at radius 1 is 1.28 bits per heavy atom. The molecule has 2 aliphatic rings. The molecule has 1 aliphatic carbocycles. The molecule has 0 radical (unpaired) electrons. The number of carbonyl (C=O) groups excluding carboxylic acids is 1. The maximum absolute atomic E-state index is 12.7. The molecular formula is C22H28N2O3S2. The van der Waals surface area contributed by atoms with Crippen molar-refractivity contribution in [1.82, 2.24) is 4.98 Å². The summed E-state index contributed by atoms with van der Waals surface area (Å²) in [7, 11) is 0. The second-order valence-electron chi connectivity index (χ2n) is 8.11. The van der Waals surface area contributed by atoms with E-state index >= 15 is 0 Å². The number of anilines is 1. The van der Waals surface area contributed by atoms with Crippen molar-refractivity contribution in [3.05, 3.63) is 41.4 Å². The summed E-state index contributed by atoms with van der Waals surface area (Å²) in [6.45, 7) is 0.0133. The van der Waals surface area contributed by atoms with E-state index in [0.29, 0.717) is 6.42 Å². The first kappa shape index (κ1) is 20.8. The van der Waals surface area contributed by atoms with E-state index in [1.165, 1.54) is 0 Å². The SMILES string of the molecule is O=C1CCCC(CCSc2nccs2)N1c1ccc(C(O)C2(CO)CCC2)cc1. The molecule has 1 aliphatic heterocycles. The number of amides is 1. The fourth-order valence-electron chi connectivity index (χ4n) is 4.45. The lowest BCUT2D eigenvalue weighted by atomic mass is 9.64. The summed E-state index contributed by atoms with van der Waals surface area (Å²) < 4.78 is 1.07. The van der Waals surface area contributed by atoms with Gasteiger partial charge in [0.15, 0.2) is 0 Å². The number of piperidine rings is 1. The number of nitrogens with zero attached hydrogens (tertiary/aromatic N) is 2. The van der Waals surface area contributed by atoms with Crippen LogP contribution in [0.3, 0.4) is 0 Å². The molecule has 2 unspecified atom stereocenters. The molecule has 0 bridgehead atoms. The van der Waals surface area contributed by atoms with Gasteiger partial charge in [-0.1, -0.05) is 30.3 Å².